The number of hydrogen-bond acceptors (Lipinski definition) is 3. The highest BCUT2D eigenvalue weighted by atomic mass is 15.0. The fourth-order valence-corrected chi connectivity index (χ4v) is 8.68. The summed E-state index contributed by atoms with van der Waals surface area (Å²) in [7, 11) is 0. The predicted octanol–water partition coefficient (Wildman–Crippen LogP) is 15.5. The average Bonchev–Trinajstić information content (AvgIpc) is 3.36. The minimum absolute atomic E-state index is 0.612. The highest BCUT2D eigenvalue weighted by Crippen LogP contribution is 2.39. The van der Waals surface area contributed by atoms with E-state index >= 15 is 0 Å². The largest absolute Gasteiger partial charge is 0.208 e. The van der Waals surface area contributed by atoms with Gasteiger partial charge in [0.05, 0.1) is 0 Å². The minimum Gasteiger partial charge on any atom is -0.208 e. The molecule has 0 atom stereocenters. The van der Waals surface area contributed by atoms with Crippen LogP contribution in [0.25, 0.3) is 111 Å². The van der Waals surface area contributed by atoms with Crippen molar-refractivity contribution in [1.82, 2.24) is 15.0 Å². The number of aromatic nitrogens is 3. The monoisotopic (exact) mass is 789 g/mol. The maximum Gasteiger partial charge on any atom is 0.164 e. The summed E-state index contributed by atoms with van der Waals surface area (Å²) in [6, 6.07) is 83.6. The summed E-state index contributed by atoms with van der Waals surface area (Å²) < 4.78 is 0. The first-order valence-corrected chi connectivity index (χ1v) is 21.0. The van der Waals surface area contributed by atoms with Crippen LogP contribution < -0.4 is 0 Å². The van der Waals surface area contributed by atoms with Crippen LogP contribution in [0, 0.1) is 0 Å². The lowest BCUT2D eigenvalue weighted by Gasteiger charge is -2.15. The second kappa shape index (κ2) is 16.1. The van der Waals surface area contributed by atoms with Gasteiger partial charge >= 0.3 is 0 Å². The Morgan fingerprint density at radius 3 is 1.31 bits per heavy atom. The van der Waals surface area contributed by atoms with Gasteiger partial charge in [0, 0.05) is 16.7 Å². The van der Waals surface area contributed by atoms with E-state index in [1.165, 1.54) is 38.2 Å². The Hall–Kier alpha value is -8.27. The van der Waals surface area contributed by atoms with Gasteiger partial charge in [0.25, 0.3) is 0 Å². The zero-order chi connectivity index (χ0) is 41.2. The van der Waals surface area contributed by atoms with Crippen LogP contribution in [0.5, 0.6) is 0 Å². The van der Waals surface area contributed by atoms with Crippen LogP contribution in [0.3, 0.4) is 0 Å². The maximum atomic E-state index is 5.32. The van der Waals surface area contributed by atoms with Crippen molar-refractivity contribution in [2.45, 2.75) is 0 Å². The molecule has 11 aromatic rings. The van der Waals surface area contributed by atoms with Gasteiger partial charge in [-0.2, -0.15) is 0 Å². The first-order chi connectivity index (χ1) is 30.7. The van der Waals surface area contributed by atoms with Gasteiger partial charge in [0.1, 0.15) is 0 Å². The molecule has 0 fully saturated rings. The highest BCUT2D eigenvalue weighted by molar-refractivity contribution is 6.05. The Bertz CT molecular complexity index is 3370. The van der Waals surface area contributed by atoms with Crippen LogP contribution in [-0.2, 0) is 0 Å². The number of nitrogens with zero attached hydrogens (tertiary/aromatic N) is 3. The standard InChI is InChI=1S/C59H39N3/c1-4-16-40(17-5-1)46-34-35-55(56(39-46)43-20-8-3-9-21-43)59-61-57(45-32-30-44(31-33-45)50-29-15-23-42-22-10-11-26-49(42)50)60-58(62-59)48-25-14-24-47(38-48)52-37-36-51(41-18-6-2-7-19-41)53-27-12-13-28-54(52)53/h1-39H. The van der Waals surface area contributed by atoms with Crippen molar-refractivity contribution in [1.29, 1.82) is 0 Å². The van der Waals surface area contributed by atoms with E-state index in [0.717, 1.165) is 55.6 Å². The molecule has 0 unspecified atom stereocenters. The molecule has 3 nitrogen and oxygen atoms in total. The molecule has 290 valence electrons. The lowest BCUT2D eigenvalue weighted by Crippen LogP contribution is -2.01. The molecule has 0 saturated carbocycles. The Morgan fingerprint density at radius 2 is 0.613 bits per heavy atom. The van der Waals surface area contributed by atoms with Crippen LogP contribution in [0.15, 0.2) is 237 Å². The molecule has 1 heterocycles. The number of hydrogen-bond donors (Lipinski definition) is 0. The number of benzene rings is 10. The van der Waals surface area contributed by atoms with Crippen LogP contribution >= 0.6 is 0 Å². The van der Waals surface area contributed by atoms with Gasteiger partial charge in [0.2, 0.25) is 0 Å². The van der Waals surface area contributed by atoms with Crippen molar-refractivity contribution >= 4 is 21.5 Å². The third-order valence-corrected chi connectivity index (χ3v) is 11.8. The molecule has 11 rings (SSSR count). The summed E-state index contributed by atoms with van der Waals surface area (Å²) in [5.41, 5.74) is 14.2. The van der Waals surface area contributed by atoms with Crippen molar-refractivity contribution < 1.29 is 0 Å². The van der Waals surface area contributed by atoms with E-state index in [0.29, 0.717) is 17.5 Å². The number of fused-ring (bicyclic) bond motifs is 2. The van der Waals surface area contributed by atoms with Crippen molar-refractivity contribution in [3.63, 3.8) is 0 Å². The smallest absolute Gasteiger partial charge is 0.164 e. The van der Waals surface area contributed by atoms with Crippen molar-refractivity contribution in [3.05, 3.63) is 237 Å². The third kappa shape index (κ3) is 7.02. The van der Waals surface area contributed by atoms with Crippen LogP contribution in [0.1, 0.15) is 0 Å². The van der Waals surface area contributed by atoms with E-state index in [2.05, 4.69) is 237 Å². The summed E-state index contributed by atoms with van der Waals surface area (Å²) in [5, 5.41) is 4.85. The Labute approximate surface area is 361 Å². The van der Waals surface area contributed by atoms with Crippen LogP contribution in [-0.4, -0.2) is 15.0 Å². The summed E-state index contributed by atoms with van der Waals surface area (Å²) in [5.74, 6) is 1.84. The molecule has 1 aromatic heterocycles. The van der Waals surface area contributed by atoms with Gasteiger partial charge in [-0.05, 0) is 95.4 Å². The third-order valence-electron chi connectivity index (χ3n) is 11.8. The molecular weight excluding hydrogens is 751 g/mol. The fourth-order valence-electron chi connectivity index (χ4n) is 8.68. The maximum absolute atomic E-state index is 5.32. The van der Waals surface area contributed by atoms with Crippen LogP contribution in [0.2, 0.25) is 0 Å². The second-order valence-electron chi connectivity index (χ2n) is 15.6. The highest BCUT2D eigenvalue weighted by Gasteiger charge is 2.18. The average molecular weight is 790 g/mol. The molecule has 3 heteroatoms. The first-order valence-electron chi connectivity index (χ1n) is 21.0. The molecule has 0 amide bonds. The Kier molecular flexibility index (Phi) is 9.53. The quantitative estimate of drug-likeness (QED) is 0.154. The Morgan fingerprint density at radius 1 is 0.194 bits per heavy atom. The van der Waals surface area contributed by atoms with Gasteiger partial charge in [-0.25, -0.2) is 15.0 Å². The molecule has 0 aliphatic rings. The van der Waals surface area contributed by atoms with E-state index in [1.807, 2.05) is 0 Å². The zero-order valence-corrected chi connectivity index (χ0v) is 33.9. The summed E-state index contributed by atoms with van der Waals surface area (Å²) in [4.78, 5) is 15.8. The van der Waals surface area contributed by atoms with Gasteiger partial charge in [-0.3, -0.25) is 0 Å². The SMILES string of the molecule is c1ccc(-c2ccc(-c3nc(-c4ccc(-c5cccc6ccccc56)cc4)nc(-c4cccc(-c5ccc(-c6ccccc6)c6ccccc56)c4)n3)c(-c3ccccc3)c2)cc1. The molecule has 0 radical (unpaired) electrons. The predicted molar refractivity (Wildman–Crippen MR) is 258 cm³/mol. The molecule has 0 aliphatic carbocycles. The molecule has 0 spiro atoms. The summed E-state index contributed by atoms with van der Waals surface area (Å²) in [6.07, 6.45) is 0. The Balaban J connectivity index is 1.07. The fraction of sp³-hybridized carbons (Fsp3) is 0. The molecule has 62 heavy (non-hydrogen) atoms. The topological polar surface area (TPSA) is 38.7 Å². The molecule has 0 N–H and O–H groups in total. The molecule has 0 bridgehead atoms. The zero-order valence-electron chi connectivity index (χ0n) is 33.9. The van der Waals surface area contributed by atoms with Crippen LogP contribution in [0.4, 0.5) is 0 Å². The second-order valence-corrected chi connectivity index (χ2v) is 15.6. The van der Waals surface area contributed by atoms with E-state index in [9.17, 15) is 0 Å². The van der Waals surface area contributed by atoms with Gasteiger partial charge in [-0.1, -0.05) is 218 Å². The molecule has 0 aliphatic heterocycles. The van der Waals surface area contributed by atoms with Crippen molar-refractivity contribution in [3.8, 4) is 89.8 Å². The lowest BCUT2D eigenvalue weighted by molar-refractivity contribution is 1.07. The first kappa shape index (κ1) is 36.8. The van der Waals surface area contributed by atoms with Crippen molar-refractivity contribution in [2.75, 3.05) is 0 Å². The van der Waals surface area contributed by atoms with Gasteiger partial charge in [0.15, 0.2) is 17.5 Å². The van der Waals surface area contributed by atoms with E-state index in [4.69, 9.17) is 15.0 Å². The van der Waals surface area contributed by atoms with E-state index in [-0.39, 0.29) is 0 Å². The lowest BCUT2D eigenvalue weighted by atomic mass is 9.91. The van der Waals surface area contributed by atoms with E-state index < -0.39 is 0 Å². The minimum atomic E-state index is 0.612. The summed E-state index contributed by atoms with van der Waals surface area (Å²) in [6.45, 7) is 0. The van der Waals surface area contributed by atoms with Gasteiger partial charge in [-0.15, -0.1) is 0 Å². The van der Waals surface area contributed by atoms with Crippen molar-refractivity contribution in [2.24, 2.45) is 0 Å². The molecule has 0 saturated heterocycles. The molecule has 10 aromatic carbocycles. The normalized spacial score (nSPS) is 11.2. The summed E-state index contributed by atoms with van der Waals surface area (Å²) >= 11 is 0. The molecular formula is C59H39N3. The van der Waals surface area contributed by atoms with Gasteiger partial charge < -0.3 is 0 Å². The van der Waals surface area contributed by atoms with E-state index in [1.54, 1.807) is 0 Å². The number of rotatable bonds is 8.